The maximum Gasteiger partial charge on any atom is 0.321 e. The minimum Gasteiger partial charge on any atom is -0.508 e. The van der Waals surface area contributed by atoms with Gasteiger partial charge in [0, 0.05) is 12.6 Å². The fourth-order valence-corrected chi connectivity index (χ4v) is 4.97. The molecule has 0 aliphatic heterocycles. The first kappa shape index (κ1) is 31.5. The lowest BCUT2D eigenvalue weighted by molar-refractivity contribution is -0.135. The van der Waals surface area contributed by atoms with Crippen molar-refractivity contribution in [3.8, 4) is 5.75 Å². The van der Waals surface area contributed by atoms with Crippen molar-refractivity contribution in [2.45, 2.75) is 57.8 Å². The molecule has 0 radical (unpaired) electrons. The van der Waals surface area contributed by atoms with E-state index in [9.17, 15) is 24.9 Å². The van der Waals surface area contributed by atoms with E-state index in [0.29, 0.717) is 12.8 Å². The lowest BCUT2D eigenvalue weighted by atomic mass is 9.91. The second-order valence-corrected chi connectivity index (χ2v) is 10.5. The third-order valence-corrected chi connectivity index (χ3v) is 7.35. The van der Waals surface area contributed by atoms with Gasteiger partial charge < -0.3 is 26.8 Å². The number of hydrogen-bond acceptors (Lipinski definition) is 6. The Morgan fingerprint density at radius 1 is 0.902 bits per heavy atom. The molecule has 41 heavy (non-hydrogen) atoms. The van der Waals surface area contributed by atoms with Gasteiger partial charge in [-0.15, -0.1) is 0 Å². The molecule has 0 saturated heterocycles. The van der Waals surface area contributed by atoms with Gasteiger partial charge in [-0.3, -0.25) is 9.69 Å². The van der Waals surface area contributed by atoms with Crippen LogP contribution >= 0.6 is 0 Å². The summed E-state index contributed by atoms with van der Waals surface area (Å²) in [5.74, 6) is -1.35. The number of aryl methyl sites for hydroxylation is 2. The van der Waals surface area contributed by atoms with Crippen molar-refractivity contribution in [3.05, 3.63) is 113 Å². The van der Waals surface area contributed by atoms with Crippen LogP contribution in [0, 0.1) is 19.8 Å². The molecular formula is C33H41N3O5. The summed E-state index contributed by atoms with van der Waals surface area (Å²) in [6.07, 6.45) is 2.15. The lowest BCUT2D eigenvalue weighted by Gasteiger charge is -2.27. The number of aromatic hydroxyl groups is 1. The summed E-state index contributed by atoms with van der Waals surface area (Å²) in [5, 5.41) is 31.6. The molecule has 0 spiro atoms. The van der Waals surface area contributed by atoms with Crippen molar-refractivity contribution in [3.63, 3.8) is 0 Å². The topological polar surface area (TPSA) is 150 Å². The highest BCUT2D eigenvalue weighted by atomic mass is 16.3. The van der Waals surface area contributed by atoms with Crippen molar-refractivity contribution in [1.29, 1.82) is 0 Å². The number of amides is 3. The number of rotatable bonds is 13. The maximum absolute atomic E-state index is 13.6. The van der Waals surface area contributed by atoms with Crippen LogP contribution in [0.4, 0.5) is 4.79 Å². The van der Waals surface area contributed by atoms with Gasteiger partial charge in [-0.25, -0.2) is 4.79 Å². The smallest absolute Gasteiger partial charge is 0.321 e. The predicted molar refractivity (Wildman–Crippen MR) is 160 cm³/mol. The zero-order chi connectivity index (χ0) is 29.9. The van der Waals surface area contributed by atoms with Crippen LogP contribution in [0.15, 0.2) is 84.9 Å². The quantitative estimate of drug-likeness (QED) is 0.202. The third kappa shape index (κ3) is 9.28. The van der Waals surface area contributed by atoms with E-state index in [2.05, 4.69) is 0 Å². The van der Waals surface area contributed by atoms with E-state index >= 15 is 0 Å². The second kappa shape index (κ2) is 15.1. The van der Waals surface area contributed by atoms with Crippen LogP contribution in [-0.4, -0.2) is 57.0 Å². The SMILES string of the molecule is Cc1cc(O)cc(C)c1CC(N)C(O)CC=CC(O)C(Cc1ccccc1)C(=O)N(CCc1ccccc1)C(N)=O. The Hall–Kier alpha value is -3.98. The fraction of sp³-hybridized carbons (Fsp3) is 0.333. The number of nitrogens with zero attached hydrogens (tertiary/aromatic N) is 1. The number of carbonyl (C=O) groups is 2. The van der Waals surface area contributed by atoms with E-state index in [1.165, 1.54) is 6.08 Å². The first-order valence-electron chi connectivity index (χ1n) is 13.8. The third-order valence-electron chi connectivity index (χ3n) is 7.35. The van der Waals surface area contributed by atoms with E-state index in [-0.39, 0.29) is 25.1 Å². The van der Waals surface area contributed by atoms with Gasteiger partial charge in [-0.1, -0.05) is 72.8 Å². The van der Waals surface area contributed by atoms with E-state index in [1.807, 2.05) is 74.5 Å². The van der Waals surface area contributed by atoms with Crippen LogP contribution in [0.1, 0.15) is 34.2 Å². The Bertz CT molecular complexity index is 1290. The van der Waals surface area contributed by atoms with Crippen LogP contribution < -0.4 is 11.5 Å². The fourth-order valence-electron chi connectivity index (χ4n) is 4.97. The standard InChI is InChI=1S/C33H41N3O5/c1-22-18-26(37)19-23(2)27(22)21-29(34)31(39)15-9-14-30(38)28(20-25-12-7-4-8-13-25)32(40)36(33(35)41)17-16-24-10-5-3-6-11-24/h3-14,18-19,28-31,37-39H,15-17,20-21,34H2,1-2H3,(H2,35,41). The Morgan fingerprint density at radius 3 is 2.02 bits per heavy atom. The van der Waals surface area contributed by atoms with Crippen molar-refractivity contribution < 1.29 is 24.9 Å². The van der Waals surface area contributed by atoms with Gasteiger partial charge in [-0.2, -0.15) is 0 Å². The number of carbonyl (C=O) groups excluding carboxylic acids is 2. The first-order valence-corrected chi connectivity index (χ1v) is 13.8. The number of aliphatic hydroxyl groups excluding tert-OH is 2. The highest BCUT2D eigenvalue weighted by Gasteiger charge is 2.32. The number of phenols is 1. The molecule has 3 rings (SSSR count). The molecule has 3 aromatic carbocycles. The summed E-state index contributed by atoms with van der Waals surface area (Å²) in [5.41, 5.74) is 16.4. The molecule has 3 amide bonds. The number of benzene rings is 3. The highest BCUT2D eigenvalue weighted by Crippen LogP contribution is 2.23. The molecule has 0 aromatic heterocycles. The monoisotopic (exact) mass is 559 g/mol. The van der Waals surface area contributed by atoms with Crippen LogP contribution in [-0.2, 0) is 24.1 Å². The first-order chi connectivity index (χ1) is 19.6. The normalized spacial score (nSPS) is 14.4. The Kier molecular flexibility index (Phi) is 11.6. The molecule has 0 saturated carbocycles. The summed E-state index contributed by atoms with van der Waals surface area (Å²) in [6.45, 7) is 3.86. The molecule has 4 atom stereocenters. The number of nitrogens with two attached hydrogens (primary N) is 2. The molecule has 8 heteroatoms. The van der Waals surface area contributed by atoms with Crippen LogP contribution in [0.5, 0.6) is 5.75 Å². The largest absolute Gasteiger partial charge is 0.508 e. The summed E-state index contributed by atoms with van der Waals surface area (Å²) in [6, 6.07) is 20.6. The zero-order valence-corrected chi connectivity index (χ0v) is 23.7. The van der Waals surface area contributed by atoms with E-state index < -0.39 is 36.1 Å². The minimum atomic E-state index is -1.23. The molecule has 0 aliphatic carbocycles. The van der Waals surface area contributed by atoms with Gasteiger partial charge in [0.25, 0.3) is 0 Å². The molecular weight excluding hydrogens is 518 g/mol. The van der Waals surface area contributed by atoms with E-state index in [4.69, 9.17) is 11.5 Å². The van der Waals surface area contributed by atoms with Crippen molar-refractivity contribution in [1.82, 2.24) is 4.90 Å². The van der Waals surface area contributed by atoms with Crippen LogP contribution in [0.25, 0.3) is 0 Å². The minimum absolute atomic E-state index is 0.0869. The predicted octanol–water partition coefficient (Wildman–Crippen LogP) is 3.56. The second-order valence-electron chi connectivity index (χ2n) is 10.5. The number of imide groups is 1. The number of aliphatic hydroxyl groups is 2. The molecule has 7 N–H and O–H groups in total. The summed E-state index contributed by atoms with van der Waals surface area (Å²) in [4.78, 5) is 26.9. The van der Waals surface area contributed by atoms with Crippen LogP contribution in [0.3, 0.4) is 0 Å². The van der Waals surface area contributed by atoms with Crippen molar-refractivity contribution in [2.75, 3.05) is 6.54 Å². The average molecular weight is 560 g/mol. The van der Waals surface area contributed by atoms with Gasteiger partial charge in [0.05, 0.1) is 18.1 Å². The molecule has 3 aromatic rings. The molecule has 218 valence electrons. The maximum atomic E-state index is 13.6. The van der Waals surface area contributed by atoms with Crippen LogP contribution in [0.2, 0.25) is 0 Å². The van der Waals surface area contributed by atoms with Crippen molar-refractivity contribution in [2.24, 2.45) is 17.4 Å². The highest BCUT2D eigenvalue weighted by molar-refractivity contribution is 5.95. The van der Waals surface area contributed by atoms with E-state index in [0.717, 1.165) is 32.7 Å². The van der Waals surface area contributed by atoms with Gasteiger partial charge in [0.2, 0.25) is 5.91 Å². The van der Waals surface area contributed by atoms with Gasteiger partial charge in [0.1, 0.15) is 5.75 Å². The Balaban J connectivity index is 1.71. The zero-order valence-electron chi connectivity index (χ0n) is 23.7. The molecule has 0 fully saturated rings. The molecule has 0 heterocycles. The molecule has 0 aliphatic rings. The van der Waals surface area contributed by atoms with Crippen molar-refractivity contribution >= 4 is 11.9 Å². The number of urea groups is 1. The summed E-state index contributed by atoms with van der Waals surface area (Å²) >= 11 is 0. The molecule has 4 unspecified atom stereocenters. The molecule has 0 bridgehead atoms. The Morgan fingerprint density at radius 2 is 1.46 bits per heavy atom. The average Bonchev–Trinajstić information content (AvgIpc) is 2.94. The number of primary amides is 1. The van der Waals surface area contributed by atoms with Gasteiger partial charge in [0.15, 0.2) is 0 Å². The molecule has 8 nitrogen and oxygen atoms in total. The van der Waals surface area contributed by atoms with Gasteiger partial charge in [-0.05, 0) is 79.5 Å². The summed E-state index contributed by atoms with van der Waals surface area (Å²) in [7, 11) is 0. The lowest BCUT2D eigenvalue weighted by Crippen LogP contribution is -2.48. The number of hydrogen-bond donors (Lipinski definition) is 5. The number of phenolic OH excluding ortho intramolecular Hbond substituents is 1. The Labute approximate surface area is 241 Å². The summed E-state index contributed by atoms with van der Waals surface area (Å²) < 4.78 is 0. The van der Waals surface area contributed by atoms with E-state index in [1.54, 1.807) is 18.2 Å². The van der Waals surface area contributed by atoms with Gasteiger partial charge >= 0.3 is 6.03 Å².